The Hall–Kier alpha value is -0.510. The van der Waals surface area contributed by atoms with Gasteiger partial charge in [0.2, 0.25) is 0 Å². The van der Waals surface area contributed by atoms with E-state index in [0.717, 1.165) is 32.7 Å². The summed E-state index contributed by atoms with van der Waals surface area (Å²) in [4.78, 5) is 1.18. The Balaban J connectivity index is 1.69. The van der Waals surface area contributed by atoms with Crippen molar-refractivity contribution >= 4 is 12.0 Å². The van der Waals surface area contributed by atoms with E-state index >= 15 is 0 Å². The third-order valence-corrected chi connectivity index (χ3v) is 3.54. The van der Waals surface area contributed by atoms with E-state index < -0.39 is 0 Å². The second-order valence-corrected chi connectivity index (χ2v) is 5.11. The van der Waals surface area contributed by atoms with Crippen molar-refractivity contribution in [3.63, 3.8) is 0 Å². The SMILES string of the molecule is Cc1ccc(SOCC2CCOCC2)cc1. The number of ether oxygens (including phenoxy) is 1. The molecule has 16 heavy (non-hydrogen) atoms. The monoisotopic (exact) mass is 238 g/mol. The van der Waals surface area contributed by atoms with Gasteiger partial charge in [-0.25, -0.2) is 0 Å². The average Bonchev–Trinajstić information content (AvgIpc) is 2.33. The molecule has 0 bridgehead atoms. The van der Waals surface area contributed by atoms with Crippen molar-refractivity contribution < 1.29 is 8.92 Å². The average molecular weight is 238 g/mol. The smallest absolute Gasteiger partial charge is 0.0648 e. The zero-order valence-corrected chi connectivity index (χ0v) is 10.5. The lowest BCUT2D eigenvalue weighted by atomic mass is 10.0. The molecule has 1 aromatic rings. The van der Waals surface area contributed by atoms with Gasteiger partial charge >= 0.3 is 0 Å². The lowest BCUT2D eigenvalue weighted by Crippen LogP contribution is -2.18. The van der Waals surface area contributed by atoms with Gasteiger partial charge in [0.25, 0.3) is 0 Å². The van der Waals surface area contributed by atoms with Gasteiger partial charge in [0.15, 0.2) is 0 Å². The summed E-state index contributed by atoms with van der Waals surface area (Å²) in [6.45, 7) is 4.71. The molecule has 0 amide bonds. The van der Waals surface area contributed by atoms with Gasteiger partial charge in [0, 0.05) is 30.2 Å². The Morgan fingerprint density at radius 1 is 1.25 bits per heavy atom. The summed E-state index contributed by atoms with van der Waals surface area (Å²) < 4.78 is 11.0. The molecule has 0 N–H and O–H groups in total. The van der Waals surface area contributed by atoms with E-state index in [1.165, 1.54) is 22.5 Å². The topological polar surface area (TPSA) is 18.5 Å². The van der Waals surface area contributed by atoms with Crippen LogP contribution < -0.4 is 0 Å². The van der Waals surface area contributed by atoms with Crippen LogP contribution >= 0.6 is 12.0 Å². The minimum atomic E-state index is 0.673. The molecule has 1 saturated heterocycles. The highest BCUT2D eigenvalue weighted by molar-refractivity contribution is 7.94. The van der Waals surface area contributed by atoms with Crippen LogP contribution in [0.1, 0.15) is 18.4 Å². The van der Waals surface area contributed by atoms with Gasteiger partial charge in [-0.3, -0.25) is 0 Å². The van der Waals surface area contributed by atoms with Crippen molar-refractivity contribution in [1.82, 2.24) is 0 Å². The van der Waals surface area contributed by atoms with Gasteiger partial charge in [-0.2, -0.15) is 0 Å². The summed E-state index contributed by atoms with van der Waals surface area (Å²) in [5.41, 5.74) is 1.29. The van der Waals surface area contributed by atoms with Gasteiger partial charge in [0.1, 0.15) is 0 Å². The first-order valence-electron chi connectivity index (χ1n) is 5.78. The third kappa shape index (κ3) is 3.81. The maximum atomic E-state index is 5.66. The second-order valence-electron chi connectivity index (χ2n) is 4.24. The molecule has 88 valence electrons. The van der Waals surface area contributed by atoms with E-state index in [9.17, 15) is 0 Å². The van der Waals surface area contributed by atoms with E-state index in [1.807, 2.05) is 0 Å². The molecule has 1 aromatic carbocycles. The van der Waals surface area contributed by atoms with Crippen LogP contribution in [0.4, 0.5) is 0 Å². The molecule has 1 fully saturated rings. The molecule has 0 radical (unpaired) electrons. The van der Waals surface area contributed by atoms with Crippen LogP contribution in [0.25, 0.3) is 0 Å². The summed E-state index contributed by atoms with van der Waals surface area (Å²) in [7, 11) is 0. The van der Waals surface area contributed by atoms with Gasteiger partial charge in [-0.1, -0.05) is 17.7 Å². The summed E-state index contributed by atoms with van der Waals surface area (Å²) in [5.74, 6) is 0.673. The Bertz CT molecular complexity index is 304. The van der Waals surface area contributed by atoms with Gasteiger partial charge in [0.05, 0.1) is 6.61 Å². The summed E-state index contributed by atoms with van der Waals surface area (Å²) >= 11 is 1.48. The highest BCUT2D eigenvalue weighted by Gasteiger charge is 2.13. The van der Waals surface area contributed by atoms with Crippen LogP contribution in [0.2, 0.25) is 0 Å². The van der Waals surface area contributed by atoms with Crippen molar-refractivity contribution in [2.75, 3.05) is 19.8 Å². The molecular formula is C13H18O2S. The molecule has 0 unspecified atom stereocenters. The van der Waals surface area contributed by atoms with E-state index in [1.54, 1.807) is 0 Å². The molecular weight excluding hydrogens is 220 g/mol. The molecule has 0 atom stereocenters. The minimum absolute atomic E-state index is 0.673. The first-order chi connectivity index (χ1) is 7.84. The quantitative estimate of drug-likeness (QED) is 0.749. The lowest BCUT2D eigenvalue weighted by molar-refractivity contribution is 0.0528. The Kier molecular flexibility index (Phi) is 4.69. The standard InChI is InChI=1S/C13H18O2S/c1-11-2-4-13(5-3-11)16-15-10-12-6-8-14-9-7-12/h2-5,12H,6-10H2,1H3. The van der Waals surface area contributed by atoms with Crippen LogP contribution in [0.3, 0.4) is 0 Å². The van der Waals surface area contributed by atoms with E-state index in [0.29, 0.717) is 5.92 Å². The number of rotatable bonds is 4. The maximum absolute atomic E-state index is 5.66. The zero-order valence-electron chi connectivity index (χ0n) is 9.65. The van der Waals surface area contributed by atoms with Gasteiger partial charge in [-0.15, -0.1) is 0 Å². The van der Waals surface area contributed by atoms with E-state index in [4.69, 9.17) is 8.92 Å². The first kappa shape index (κ1) is 12.0. The first-order valence-corrected chi connectivity index (χ1v) is 6.52. The molecule has 2 nitrogen and oxygen atoms in total. The summed E-state index contributed by atoms with van der Waals surface area (Å²) in [6, 6.07) is 8.42. The molecule has 1 aliphatic rings. The predicted octanol–water partition coefficient (Wildman–Crippen LogP) is 3.45. The second kappa shape index (κ2) is 6.28. The van der Waals surface area contributed by atoms with Crippen LogP contribution in [-0.2, 0) is 8.92 Å². The molecule has 0 aliphatic carbocycles. The fraction of sp³-hybridized carbons (Fsp3) is 0.538. The van der Waals surface area contributed by atoms with Crippen LogP contribution in [0.15, 0.2) is 29.2 Å². The van der Waals surface area contributed by atoms with Crippen molar-refractivity contribution in [3.8, 4) is 0 Å². The molecule has 0 saturated carbocycles. The maximum Gasteiger partial charge on any atom is 0.0648 e. The number of hydrogen-bond acceptors (Lipinski definition) is 3. The lowest BCUT2D eigenvalue weighted by Gasteiger charge is -2.21. The fourth-order valence-corrected chi connectivity index (χ4v) is 2.35. The minimum Gasteiger partial charge on any atom is -0.381 e. The normalized spacial score (nSPS) is 17.6. The van der Waals surface area contributed by atoms with Crippen LogP contribution in [-0.4, -0.2) is 19.8 Å². The summed E-state index contributed by atoms with van der Waals surface area (Å²) in [5, 5.41) is 0. The van der Waals surface area contributed by atoms with Crippen LogP contribution in [0.5, 0.6) is 0 Å². The van der Waals surface area contributed by atoms with E-state index in [2.05, 4.69) is 31.2 Å². The molecule has 0 aromatic heterocycles. The largest absolute Gasteiger partial charge is 0.381 e. The highest BCUT2D eigenvalue weighted by atomic mass is 32.2. The predicted molar refractivity (Wildman–Crippen MR) is 66.5 cm³/mol. The van der Waals surface area contributed by atoms with Crippen LogP contribution in [0, 0.1) is 12.8 Å². The third-order valence-electron chi connectivity index (χ3n) is 2.82. The number of aryl methyl sites for hydroxylation is 1. The highest BCUT2D eigenvalue weighted by Crippen LogP contribution is 2.23. The Labute approximate surface area is 102 Å². The van der Waals surface area contributed by atoms with Crippen molar-refractivity contribution in [2.24, 2.45) is 5.92 Å². The number of hydrogen-bond donors (Lipinski definition) is 0. The Morgan fingerprint density at radius 2 is 1.94 bits per heavy atom. The molecule has 2 rings (SSSR count). The fourth-order valence-electron chi connectivity index (χ4n) is 1.71. The van der Waals surface area contributed by atoms with Crippen molar-refractivity contribution in [2.45, 2.75) is 24.7 Å². The van der Waals surface area contributed by atoms with Gasteiger partial charge < -0.3 is 8.92 Å². The van der Waals surface area contributed by atoms with Crippen molar-refractivity contribution in [3.05, 3.63) is 29.8 Å². The number of benzene rings is 1. The molecule has 0 spiro atoms. The molecule has 1 heterocycles. The molecule has 1 aliphatic heterocycles. The molecule has 3 heteroatoms. The Morgan fingerprint density at radius 3 is 2.62 bits per heavy atom. The summed E-state index contributed by atoms with van der Waals surface area (Å²) in [6.07, 6.45) is 2.27. The van der Waals surface area contributed by atoms with Crippen molar-refractivity contribution in [1.29, 1.82) is 0 Å². The van der Waals surface area contributed by atoms with Gasteiger partial charge in [-0.05, 0) is 37.8 Å². The zero-order chi connectivity index (χ0) is 11.2. The van der Waals surface area contributed by atoms with E-state index in [-0.39, 0.29) is 0 Å².